The molecule has 0 bridgehead atoms. The summed E-state index contributed by atoms with van der Waals surface area (Å²) in [5, 5.41) is 9.25. The van der Waals surface area contributed by atoms with Crippen LogP contribution in [0.4, 0.5) is 10.5 Å². The van der Waals surface area contributed by atoms with E-state index in [0.29, 0.717) is 42.7 Å². The Labute approximate surface area is 231 Å². The van der Waals surface area contributed by atoms with Crippen molar-refractivity contribution in [1.82, 2.24) is 20.9 Å². The first kappa shape index (κ1) is 25.7. The summed E-state index contributed by atoms with van der Waals surface area (Å²) in [6.07, 6.45) is 0.755. The zero-order valence-electron chi connectivity index (χ0n) is 21.6. The van der Waals surface area contributed by atoms with Crippen molar-refractivity contribution in [2.24, 2.45) is 5.92 Å². The first-order valence-electron chi connectivity index (χ1n) is 13.2. The van der Waals surface area contributed by atoms with E-state index < -0.39 is 0 Å². The number of rotatable bonds is 6. The number of amides is 4. The summed E-state index contributed by atoms with van der Waals surface area (Å²) >= 11 is 1.42. The van der Waals surface area contributed by atoms with Crippen LogP contribution in [0.5, 0.6) is 11.5 Å². The summed E-state index contributed by atoms with van der Waals surface area (Å²) < 4.78 is 11.3. The van der Waals surface area contributed by atoms with Crippen LogP contribution in [0.25, 0.3) is 0 Å². The number of aryl methyl sites for hydroxylation is 1. The predicted molar refractivity (Wildman–Crippen MR) is 147 cm³/mol. The van der Waals surface area contributed by atoms with Crippen LogP contribution < -0.4 is 25.6 Å². The smallest absolute Gasteiger partial charge is 0.326 e. The molecule has 4 heterocycles. The molecule has 0 saturated carbocycles. The monoisotopic (exact) mass is 549 g/mol. The van der Waals surface area contributed by atoms with Crippen LogP contribution in [-0.4, -0.2) is 73.6 Å². The molecule has 204 valence electrons. The van der Waals surface area contributed by atoms with E-state index in [1.807, 2.05) is 60.4 Å². The highest BCUT2D eigenvalue weighted by molar-refractivity contribution is 8.04. The van der Waals surface area contributed by atoms with E-state index in [2.05, 4.69) is 16.0 Å². The number of carbonyl (C=O) groups is 3. The molecule has 3 unspecified atom stereocenters. The zero-order chi connectivity index (χ0) is 26.9. The van der Waals surface area contributed by atoms with Gasteiger partial charge in [-0.1, -0.05) is 30.0 Å². The fraction of sp³-hybridized carbons (Fsp3) is 0.393. The zero-order valence-corrected chi connectivity index (χ0v) is 22.5. The summed E-state index contributed by atoms with van der Waals surface area (Å²) in [7, 11) is 0. The second-order valence-electron chi connectivity index (χ2n) is 9.96. The lowest BCUT2D eigenvalue weighted by molar-refractivity contribution is -0.135. The van der Waals surface area contributed by atoms with Crippen LogP contribution in [0.1, 0.15) is 12.0 Å². The molecule has 3 N–H and O–H groups in total. The van der Waals surface area contributed by atoms with Gasteiger partial charge in [0.05, 0.1) is 36.1 Å². The molecule has 6 rings (SSSR count). The number of carbonyl (C=O) groups excluding carboxylic acids is 3. The number of hydrogen-bond acceptors (Lipinski definition) is 7. The molecule has 3 saturated heterocycles. The Bertz CT molecular complexity index is 1310. The van der Waals surface area contributed by atoms with Gasteiger partial charge in [0.1, 0.15) is 11.5 Å². The second-order valence-corrected chi connectivity index (χ2v) is 11.1. The topological polar surface area (TPSA) is 112 Å². The van der Waals surface area contributed by atoms with E-state index in [-0.39, 0.29) is 41.7 Å². The highest BCUT2D eigenvalue weighted by atomic mass is 32.2. The number of piperidine rings is 1. The van der Waals surface area contributed by atoms with Crippen molar-refractivity contribution >= 4 is 35.3 Å². The molecule has 4 aliphatic rings. The quantitative estimate of drug-likeness (QED) is 0.508. The average molecular weight is 550 g/mol. The Kier molecular flexibility index (Phi) is 7.20. The molecular weight excluding hydrogens is 518 g/mol. The molecule has 2 aromatic carbocycles. The normalized spacial score (nSPS) is 24.2. The lowest BCUT2D eigenvalue weighted by Gasteiger charge is -2.46. The van der Waals surface area contributed by atoms with Crippen molar-refractivity contribution in [2.45, 2.75) is 24.8 Å². The first-order chi connectivity index (χ1) is 19.0. The molecule has 2 aromatic rings. The second kappa shape index (κ2) is 10.9. The van der Waals surface area contributed by atoms with Gasteiger partial charge in [-0.3, -0.25) is 14.5 Å². The van der Waals surface area contributed by atoms with Gasteiger partial charge in [-0.25, -0.2) is 4.79 Å². The molecule has 0 aliphatic carbocycles. The van der Waals surface area contributed by atoms with Crippen LogP contribution in [0.15, 0.2) is 59.1 Å². The summed E-state index contributed by atoms with van der Waals surface area (Å²) in [5.41, 5.74) is 2.38. The minimum Gasteiger partial charge on any atom is -0.457 e. The third kappa shape index (κ3) is 5.09. The molecular formula is C28H31N5O5S. The molecule has 4 amide bonds. The van der Waals surface area contributed by atoms with Gasteiger partial charge in [0.2, 0.25) is 5.91 Å². The molecule has 3 fully saturated rings. The Morgan fingerprint density at radius 1 is 1.13 bits per heavy atom. The van der Waals surface area contributed by atoms with Gasteiger partial charge >= 0.3 is 6.03 Å². The largest absolute Gasteiger partial charge is 0.457 e. The lowest BCUT2D eigenvalue weighted by atomic mass is 9.86. The number of hydrogen-bond donors (Lipinski definition) is 3. The minimum atomic E-state index is -0.334. The third-order valence-corrected chi connectivity index (χ3v) is 8.87. The minimum absolute atomic E-state index is 0.0430. The molecule has 10 nitrogen and oxygen atoms in total. The Morgan fingerprint density at radius 2 is 1.92 bits per heavy atom. The maximum atomic E-state index is 13.5. The highest BCUT2D eigenvalue weighted by Gasteiger charge is 2.51. The summed E-state index contributed by atoms with van der Waals surface area (Å²) in [6, 6.07) is 14.9. The first-order valence-corrected chi connectivity index (χ1v) is 14.1. The number of nitrogens with one attached hydrogen (secondary N) is 3. The standard InChI is InChI=1S/C28H31N5O5S/c1-17-15-19(38-18-5-3-2-4-6-18)7-8-20(17)33-21-9-10-29-27-23(21)24(31-28(33)36)25(39-27)26(35)30-16-22(34)32-11-13-37-14-12-32/h2-8,15,21,23,27,29H,9-14,16H2,1H3,(H,30,35)(H,31,36). The average Bonchev–Trinajstić information content (AvgIpc) is 3.33. The molecule has 39 heavy (non-hydrogen) atoms. The van der Waals surface area contributed by atoms with E-state index in [1.54, 1.807) is 4.90 Å². The van der Waals surface area contributed by atoms with Crippen LogP contribution in [0.2, 0.25) is 0 Å². The van der Waals surface area contributed by atoms with Gasteiger partial charge in [-0.05, 0) is 55.8 Å². The molecule has 4 aliphatic heterocycles. The number of benzene rings is 2. The van der Waals surface area contributed by atoms with Gasteiger partial charge in [-0.2, -0.15) is 0 Å². The van der Waals surface area contributed by atoms with Crippen LogP contribution in [-0.2, 0) is 14.3 Å². The molecule has 0 spiro atoms. The molecule has 0 aromatic heterocycles. The van der Waals surface area contributed by atoms with Crippen molar-refractivity contribution < 1.29 is 23.9 Å². The van der Waals surface area contributed by atoms with Gasteiger partial charge < -0.3 is 30.3 Å². The van der Waals surface area contributed by atoms with Crippen molar-refractivity contribution in [3.05, 3.63) is 64.7 Å². The maximum absolute atomic E-state index is 13.5. The third-order valence-electron chi connectivity index (χ3n) is 7.52. The van der Waals surface area contributed by atoms with E-state index in [9.17, 15) is 14.4 Å². The van der Waals surface area contributed by atoms with E-state index in [4.69, 9.17) is 9.47 Å². The van der Waals surface area contributed by atoms with E-state index in [1.165, 1.54) is 11.8 Å². The number of ether oxygens (including phenoxy) is 2. The summed E-state index contributed by atoms with van der Waals surface area (Å²) in [6.45, 7) is 4.68. The number of para-hydroxylation sites is 1. The van der Waals surface area contributed by atoms with Crippen LogP contribution in [0, 0.1) is 12.8 Å². The van der Waals surface area contributed by atoms with E-state index >= 15 is 0 Å². The Morgan fingerprint density at radius 3 is 2.69 bits per heavy atom. The fourth-order valence-electron chi connectivity index (χ4n) is 5.65. The Hall–Kier alpha value is -3.54. The number of nitrogens with zero attached hydrogens (tertiary/aromatic N) is 2. The van der Waals surface area contributed by atoms with Crippen molar-refractivity contribution in [3.8, 4) is 11.5 Å². The number of morpholine rings is 1. The van der Waals surface area contributed by atoms with Gasteiger partial charge in [0.15, 0.2) is 0 Å². The molecule has 11 heteroatoms. The maximum Gasteiger partial charge on any atom is 0.326 e. The molecule has 3 atom stereocenters. The van der Waals surface area contributed by atoms with Crippen molar-refractivity contribution in [2.75, 3.05) is 44.3 Å². The van der Waals surface area contributed by atoms with Crippen molar-refractivity contribution in [1.29, 1.82) is 0 Å². The lowest BCUT2D eigenvalue weighted by Crippen LogP contribution is -2.62. The highest BCUT2D eigenvalue weighted by Crippen LogP contribution is 2.48. The number of anilines is 1. The van der Waals surface area contributed by atoms with Crippen LogP contribution >= 0.6 is 11.8 Å². The summed E-state index contributed by atoms with van der Waals surface area (Å²) in [4.78, 5) is 43.2. The van der Waals surface area contributed by atoms with Gasteiger partial charge in [-0.15, -0.1) is 0 Å². The van der Waals surface area contributed by atoms with Crippen molar-refractivity contribution in [3.63, 3.8) is 0 Å². The van der Waals surface area contributed by atoms with E-state index in [0.717, 1.165) is 30.0 Å². The fourth-order valence-corrected chi connectivity index (χ4v) is 7.06. The van der Waals surface area contributed by atoms with Crippen LogP contribution in [0.3, 0.4) is 0 Å². The Balaban J connectivity index is 1.20. The predicted octanol–water partition coefficient (Wildman–Crippen LogP) is 2.55. The number of thioether (sulfide) groups is 1. The van der Waals surface area contributed by atoms with Gasteiger partial charge in [0, 0.05) is 30.4 Å². The summed E-state index contributed by atoms with van der Waals surface area (Å²) in [5.74, 6) is 0.904. The number of urea groups is 1. The SMILES string of the molecule is Cc1cc(Oc2ccccc2)ccc1N1C(=O)NC2=C(C(=O)NCC(=O)N3CCOCC3)SC3NCCC1C23. The van der Waals surface area contributed by atoms with Gasteiger partial charge in [0.25, 0.3) is 5.91 Å². The molecule has 0 radical (unpaired) electrons.